The van der Waals surface area contributed by atoms with Gasteiger partial charge >= 0.3 is 0 Å². The Kier molecular flexibility index (Phi) is 5.59. The molecule has 0 atom stereocenters. The molecule has 4 heteroatoms. The van der Waals surface area contributed by atoms with Crippen LogP contribution in [0.1, 0.15) is 41.9 Å². The summed E-state index contributed by atoms with van der Waals surface area (Å²) in [5.74, 6) is 1.45. The third-order valence-electron chi connectivity index (χ3n) is 4.84. The van der Waals surface area contributed by atoms with Crippen LogP contribution in [-0.4, -0.2) is 12.5 Å². The second-order valence-corrected chi connectivity index (χ2v) is 7.25. The van der Waals surface area contributed by atoms with Gasteiger partial charge in [-0.3, -0.25) is 4.79 Å². The molecule has 0 aliphatic carbocycles. The van der Waals surface area contributed by atoms with E-state index in [1.165, 1.54) is 0 Å². The number of nitrogens with one attached hydrogen (secondary N) is 1. The first-order valence-electron chi connectivity index (χ1n) is 9.53. The van der Waals surface area contributed by atoms with Gasteiger partial charge in [0.1, 0.15) is 17.1 Å². The molecule has 1 amide bonds. The van der Waals surface area contributed by atoms with Gasteiger partial charge in [0.2, 0.25) is 5.91 Å². The van der Waals surface area contributed by atoms with Crippen LogP contribution in [0.4, 0.5) is 5.69 Å². The van der Waals surface area contributed by atoms with Crippen molar-refractivity contribution in [3.05, 3.63) is 64.4 Å². The third-order valence-corrected chi connectivity index (χ3v) is 4.84. The maximum absolute atomic E-state index is 12.6. The normalized spacial score (nSPS) is 11.7. The van der Waals surface area contributed by atoms with E-state index in [1.54, 1.807) is 6.08 Å². The predicted molar refractivity (Wildman–Crippen MR) is 115 cm³/mol. The number of hydrogen-bond acceptors (Lipinski definition) is 3. The lowest BCUT2D eigenvalue weighted by atomic mass is 10.0. The summed E-state index contributed by atoms with van der Waals surface area (Å²) >= 11 is 0. The molecule has 3 rings (SSSR count). The van der Waals surface area contributed by atoms with E-state index in [4.69, 9.17) is 9.15 Å². The number of aryl methyl sites for hydroxylation is 4. The molecule has 0 bridgehead atoms. The average molecular weight is 377 g/mol. The number of allylic oxidation sites excluding steroid dienone is 1. The summed E-state index contributed by atoms with van der Waals surface area (Å²) in [7, 11) is 0. The van der Waals surface area contributed by atoms with Crippen LogP contribution in [0.3, 0.4) is 0 Å². The number of carbonyl (C=O) groups excluding carboxylic acids is 1. The quantitative estimate of drug-likeness (QED) is 0.546. The third kappa shape index (κ3) is 4.11. The number of benzene rings is 2. The van der Waals surface area contributed by atoms with Gasteiger partial charge in [-0.05, 0) is 82.0 Å². The Balaban J connectivity index is 1.96. The first kappa shape index (κ1) is 19.7. The summed E-state index contributed by atoms with van der Waals surface area (Å²) in [6.45, 7) is 12.4. The van der Waals surface area contributed by atoms with E-state index in [1.807, 2.05) is 65.8 Å². The van der Waals surface area contributed by atoms with Crippen molar-refractivity contribution >= 4 is 28.1 Å². The Morgan fingerprint density at radius 2 is 1.75 bits per heavy atom. The topological polar surface area (TPSA) is 51.5 Å². The highest BCUT2D eigenvalue weighted by Gasteiger charge is 2.14. The number of fused-ring (bicyclic) bond motifs is 1. The minimum Gasteiger partial charge on any atom is -0.493 e. The highest BCUT2D eigenvalue weighted by Crippen LogP contribution is 2.35. The van der Waals surface area contributed by atoms with Crippen molar-refractivity contribution in [2.24, 2.45) is 0 Å². The second-order valence-electron chi connectivity index (χ2n) is 7.25. The van der Waals surface area contributed by atoms with Crippen LogP contribution in [0.25, 0.3) is 16.5 Å². The number of carbonyl (C=O) groups is 1. The van der Waals surface area contributed by atoms with Crippen molar-refractivity contribution < 1.29 is 13.9 Å². The molecule has 0 fully saturated rings. The maximum atomic E-state index is 12.6. The lowest BCUT2D eigenvalue weighted by Gasteiger charge is -2.11. The molecule has 4 nitrogen and oxygen atoms in total. The van der Waals surface area contributed by atoms with Crippen LogP contribution in [0.2, 0.25) is 0 Å². The van der Waals surface area contributed by atoms with E-state index in [2.05, 4.69) is 11.4 Å². The molecule has 0 aliphatic heterocycles. The largest absolute Gasteiger partial charge is 0.493 e. The summed E-state index contributed by atoms with van der Waals surface area (Å²) in [5.41, 5.74) is 6.67. The fourth-order valence-corrected chi connectivity index (χ4v) is 3.45. The van der Waals surface area contributed by atoms with Gasteiger partial charge in [-0.25, -0.2) is 0 Å². The fraction of sp³-hybridized carbons (Fsp3) is 0.292. The van der Waals surface area contributed by atoms with Crippen LogP contribution < -0.4 is 10.1 Å². The van der Waals surface area contributed by atoms with E-state index in [0.29, 0.717) is 6.61 Å². The molecular formula is C24H27NO3. The summed E-state index contributed by atoms with van der Waals surface area (Å²) in [6, 6.07) is 9.96. The maximum Gasteiger partial charge on any atom is 0.248 e. The minimum atomic E-state index is -0.162. The van der Waals surface area contributed by atoms with E-state index in [9.17, 15) is 4.79 Å². The van der Waals surface area contributed by atoms with Crippen molar-refractivity contribution in [2.75, 3.05) is 11.9 Å². The van der Waals surface area contributed by atoms with Crippen LogP contribution in [0.5, 0.6) is 5.75 Å². The van der Waals surface area contributed by atoms with Crippen molar-refractivity contribution in [3.63, 3.8) is 0 Å². The molecule has 2 aromatic carbocycles. The lowest BCUT2D eigenvalue weighted by Crippen LogP contribution is -2.09. The minimum absolute atomic E-state index is 0.162. The molecular weight excluding hydrogens is 350 g/mol. The molecule has 1 heterocycles. The summed E-state index contributed by atoms with van der Waals surface area (Å²) in [6.07, 6.45) is 1.61. The second kappa shape index (κ2) is 7.93. The van der Waals surface area contributed by atoms with Gasteiger partial charge in [0.05, 0.1) is 6.61 Å². The van der Waals surface area contributed by atoms with Gasteiger partial charge < -0.3 is 14.5 Å². The monoisotopic (exact) mass is 377 g/mol. The standard InChI is InChI=1S/C24H27NO3/c1-7-27-22-13-23-21(17(5)18(6)28-23)12-20(22)16(4)11-24(26)25-19-9-14(2)8-15(3)10-19/h8-13H,7H2,1-6H3,(H,25,26)/b16-11+. The van der Waals surface area contributed by atoms with Crippen LogP contribution in [0.15, 0.2) is 40.8 Å². The zero-order valence-corrected chi connectivity index (χ0v) is 17.4. The Hall–Kier alpha value is -3.01. The Labute approximate surface area is 166 Å². The number of rotatable bonds is 5. The number of hydrogen-bond donors (Lipinski definition) is 1. The molecule has 0 aliphatic rings. The van der Waals surface area contributed by atoms with E-state index in [0.717, 1.165) is 56.0 Å². The van der Waals surface area contributed by atoms with Crippen LogP contribution in [-0.2, 0) is 4.79 Å². The average Bonchev–Trinajstić information content (AvgIpc) is 2.87. The predicted octanol–water partition coefficient (Wildman–Crippen LogP) is 6.11. The van der Waals surface area contributed by atoms with E-state index < -0.39 is 0 Å². The van der Waals surface area contributed by atoms with Crippen molar-refractivity contribution in [1.82, 2.24) is 0 Å². The number of ether oxygens (including phenoxy) is 1. The SMILES string of the molecule is CCOc1cc2oc(C)c(C)c2cc1/C(C)=C/C(=O)Nc1cc(C)cc(C)c1. The summed E-state index contributed by atoms with van der Waals surface area (Å²) < 4.78 is 11.6. The Morgan fingerprint density at radius 3 is 2.39 bits per heavy atom. The van der Waals surface area contributed by atoms with E-state index >= 15 is 0 Å². The first-order chi connectivity index (χ1) is 13.3. The number of amides is 1. The highest BCUT2D eigenvalue weighted by atomic mass is 16.5. The number of anilines is 1. The smallest absolute Gasteiger partial charge is 0.248 e. The molecule has 28 heavy (non-hydrogen) atoms. The van der Waals surface area contributed by atoms with Crippen molar-refractivity contribution in [1.29, 1.82) is 0 Å². The van der Waals surface area contributed by atoms with Crippen molar-refractivity contribution in [3.8, 4) is 5.75 Å². The van der Waals surface area contributed by atoms with Crippen LogP contribution >= 0.6 is 0 Å². The molecule has 1 N–H and O–H groups in total. The molecule has 3 aromatic rings. The van der Waals surface area contributed by atoms with Gasteiger partial charge in [-0.2, -0.15) is 0 Å². The molecule has 0 saturated carbocycles. The van der Waals surface area contributed by atoms with Gasteiger partial charge in [0.15, 0.2) is 0 Å². The molecule has 0 radical (unpaired) electrons. The van der Waals surface area contributed by atoms with Gasteiger partial charge in [-0.15, -0.1) is 0 Å². The number of furan rings is 1. The van der Waals surface area contributed by atoms with E-state index in [-0.39, 0.29) is 5.91 Å². The molecule has 0 saturated heterocycles. The zero-order valence-electron chi connectivity index (χ0n) is 17.4. The first-order valence-corrected chi connectivity index (χ1v) is 9.53. The molecule has 1 aromatic heterocycles. The Morgan fingerprint density at radius 1 is 1.07 bits per heavy atom. The Bertz CT molecular complexity index is 1050. The highest BCUT2D eigenvalue weighted by molar-refractivity contribution is 6.04. The van der Waals surface area contributed by atoms with Gasteiger partial charge in [-0.1, -0.05) is 6.07 Å². The van der Waals surface area contributed by atoms with Gasteiger partial charge in [0.25, 0.3) is 0 Å². The molecule has 0 unspecified atom stereocenters. The fourth-order valence-electron chi connectivity index (χ4n) is 3.45. The van der Waals surface area contributed by atoms with Gasteiger partial charge in [0, 0.05) is 28.8 Å². The van der Waals surface area contributed by atoms with Crippen molar-refractivity contribution in [2.45, 2.75) is 41.5 Å². The summed E-state index contributed by atoms with van der Waals surface area (Å²) in [5, 5.41) is 3.99. The summed E-state index contributed by atoms with van der Waals surface area (Å²) in [4.78, 5) is 12.6. The molecule has 0 spiro atoms. The van der Waals surface area contributed by atoms with Crippen LogP contribution in [0, 0.1) is 27.7 Å². The molecule has 146 valence electrons. The lowest BCUT2D eigenvalue weighted by molar-refractivity contribution is -0.111. The zero-order chi connectivity index (χ0) is 20.4.